The molecule has 6 heteroatoms. The van der Waals surface area contributed by atoms with E-state index in [1.54, 1.807) is 0 Å². The molecule has 0 saturated carbocycles. The first-order chi connectivity index (χ1) is 20.9. The standard InChI is InChI=1S/C25H23N2OS.C12H10N.Ir/c1-14-9-10-17-16-7-6-8-18(23(16)28-24(17)26-14)19-11-12-20-22(27-19)15(2)21(29-20)13-25(3,4)5;1-10-7-8-12(13-9-10)11-5-3-2-4-6-11;/h6-7,9-12H,13H2,1-5H3;2-5,7-9H,1H3;/q2*-1;/i13D2;;. The van der Waals surface area contributed by atoms with Crippen molar-refractivity contribution in [2.45, 2.75) is 47.9 Å². The van der Waals surface area contributed by atoms with Crippen molar-refractivity contribution in [1.82, 2.24) is 15.0 Å². The molecule has 0 atom stereocenters. The van der Waals surface area contributed by atoms with Gasteiger partial charge in [0.05, 0.1) is 15.8 Å². The second-order valence-electron chi connectivity index (χ2n) is 11.5. The quantitative estimate of drug-likeness (QED) is 0.168. The molecule has 4 nitrogen and oxygen atoms in total. The molecule has 0 aliphatic heterocycles. The van der Waals surface area contributed by atoms with E-state index in [0.29, 0.717) is 5.71 Å². The van der Waals surface area contributed by atoms with Gasteiger partial charge in [0.2, 0.25) is 5.71 Å². The zero-order valence-corrected chi connectivity index (χ0v) is 28.2. The van der Waals surface area contributed by atoms with E-state index in [1.165, 1.54) is 16.9 Å². The molecule has 219 valence electrons. The van der Waals surface area contributed by atoms with Crippen molar-refractivity contribution in [3.8, 4) is 22.5 Å². The molecule has 0 spiro atoms. The van der Waals surface area contributed by atoms with Crippen molar-refractivity contribution in [2.75, 3.05) is 0 Å². The number of aromatic nitrogens is 3. The molecule has 5 aromatic heterocycles. The number of aryl methyl sites for hydroxylation is 3. The van der Waals surface area contributed by atoms with Gasteiger partial charge in [-0.25, -0.2) is 4.98 Å². The van der Waals surface area contributed by atoms with Crippen molar-refractivity contribution in [2.24, 2.45) is 5.41 Å². The maximum Gasteiger partial charge on any atom is 0.216 e. The van der Waals surface area contributed by atoms with Crippen LogP contribution in [-0.4, -0.2) is 15.0 Å². The van der Waals surface area contributed by atoms with Crippen LogP contribution in [0.5, 0.6) is 0 Å². The number of hydrogen-bond donors (Lipinski definition) is 0. The molecule has 0 amide bonds. The fourth-order valence-corrected chi connectivity index (χ4v) is 6.03. The minimum Gasteiger partial charge on any atom is -0.486 e. The van der Waals surface area contributed by atoms with Crippen LogP contribution < -0.4 is 0 Å². The second-order valence-corrected chi connectivity index (χ2v) is 12.5. The smallest absolute Gasteiger partial charge is 0.216 e. The molecule has 0 unspecified atom stereocenters. The van der Waals surface area contributed by atoms with Crippen LogP contribution in [0.25, 0.3) is 54.8 Å². The third-order valence-electron chi connectivity index (χ3n) is 6.84. The van der Waals surface area contributed by atoms with E-state index < -0.39 is 11.8 Å². The summed E-state index contributed by atoms with van der Waals surface area (Å²) >= 11 is 1.49. The normalized spacial score (nSPS) is 12.4. The molecule has 0 bridgehead atoms. The van der Waals surface area contributed by atoms with E-state index in [-0.39, 0.29) is 20.1 Å². The van der Waals surface area contributed by atoms with Gasteiger partial charge >= 0.3 is 0 Å². The van der Waals surface area contributed by atoms with Gasteiger partial charge in [-0.1, -0.05) is 49.9 Å². The van der Waals surface area contributed by atoms with E-state index in [2.05, 4.69) is 28.2 Å². The summed E-state index contributed by atoms with van der Waals surface area (Å²) in [4.78, 5) is 14.5. The van der Waals surface area contributed by atoms with E-state index in [0.717, 1.165) is 65.2 Å². The van der Waals surface area contributed by atoms with Crippen LogP contribution in [-0.2, 0) is 26.5 Å². The second kappa shape index (κ2) is 12.5. The number of fused-ring (bicyclic) bond motifs is 4. The minimum atomic E-state index is -1.45. The van der Waals surface area contributed by atoms with Crippen LogP contribution in [0.3, 0.4) is 0 Å². The Bertz CT molecular complexity index is 2110. The molecule has 43 heavy (non-hydrogen) atoms. The number of nitrogens with zero attached hydrogens (tertiary/aromatic N) is 3. The maximum atomic E-state index is 8.72. The van der Waals surface area contributed by atoms with Crippen LogP contribution in [0, 0.1) is 38.3 Å². The van der Waals surface area contributed by atoms with E-state index in [1.807, 2.05) is 114 Å². The van der Waals surface area contributed by atoms with Crippen molar-refractivity contribution in [1.29, 1.82) is 0 Å². The van der Waals surface area contributed by atoms with Gasteiger partial charge in [-0.3, -0.25) is 4.98 Å². The van der Waals surface area contributed by atoms with E-state index in [4.69, 9.17) is 12.1 Å². The summed E-state index contributed by atoms with van der Waals surface area (Å²) in [6, 6.07) is 30.3. The predicted octanol–water partition coefficient (Wildman–Crippen LogP) is 10.1. The number of rotatable bonds is 3. The summed E-state index contributed by atoms with van der Waals surface area (Å²) in [5.74, 6) is 0. The summed E-state index contributed by atoms with van der Waals surface area (Å²) in [7, 11) is 0. The number of benzene rings is 2. The molecule has 0 saturated heterocycles. The minimum absolute atomic E-state index is 0. The number of hydrogen-bond acceptors (Lipinski definition) is 5. The monoisotopic (exact) mass is 762 g/mol. The molecule has 2 aromatic carbocycles. The Morgan fingerprint density at radius 2 is 1.67 bits per heavy atom. The molecule has 7 rings (SSSR count). The Morgan fingerprint density at radius 3 is 2.40 bits per heavy atom. The van der Waals surface area contributed by atoms with Gasteiger partial charge in [0.25, 0.3) is 0 Å². The molecular formula is C37H33IrN3OS-2. The third-order valence-corrected chi connectivity index (χ3v) is 8.01. The zero-order valence-electron chi connectivity index (χ0n) is 27.0. The van der Waals surface area contributed by atoms with Crippen LogP contribution in [0.4, 0.5) is 0 Å². The first kappa shape index (κ1) is 28.1. The average Bonchev–Trinajstić information content (AvgIpc) is 3.54. The maximum absolute atomic E-state index is 8.72. The molecule has 0 aliphatic rings. The Kier molecular flexibility index (Phi) is 8.16. The zero-order chi connectivity index (χ0) is 31.2. The topological polar surface area (TPSA) is 51.8 Å². The number of furan rings is 1. The van der Waals surface area contributed by atoms with Crippen molar-refractivity contribution in [3.63, 3.8) is 0 Å². The summed E-state index contributed by atoms with van der Waals surface area (Å²) < 4.78 is 24.5. The summed E-state index contributed by atoms with van der Waals surface area (Å²) in [5, 5.41) is 1.97. The van der Waals surface area contributed by atoms with Gasteiger partial charge < -0.3 is 9.40 Å². The van der Waals surface area contributed by atoms with Gasteiger partial charge in [-0.05, 0) is 73.3 Å². The van der Waals surface area contributed by atoms with Crippen molar-refractivity contribution in [3.05, 3.63) is 113 Å². The fraction of sp³-hybridized carbons (Fsp3) is 0.216. The number of pyridine rings is 3. The third kappa shape index (κ3) is 6.62. The largest absolute Gasteiger partial charge is 0.486 e. The Hall–Kier alpha value is -3.70. The fourth-order valence-electron chi connectivity index (χ4n) is 4.78. The first-order valence-electron chi connectivity index (χ1n) is 15.0. The van der Waals surface area contributed by atoms with Gasteiger partial charge in [0.1, 0.15) is 0 Å². The summed E-state index contributed by atoms with van der Waals surface area (Å²) in [6.45, 7) is 11.7. The van der Waals surface area contributed by atoms with Crippen LogP contribution in [0.15, 0.2) is 83.4 Å². The molecule has 0 N–H and O–H groups in total. The summed E-state index contributed by atoms with van der Waals surface area (Å²) in [5.41, 5.74) is 8.22. The van der Waals surface area contributed by atoms with Gasteiger partial charge in [-0.2, -0.15) is 0 Å². The molecular weight excluding hydrogens is 727 g/mol. The van der Waals surface area contributed by atoms with Crippen LogP contribution >= 0.6 is 11.3 Å². The molecule has 7 aromatic rings. The SMILES string of the molecule is Cc1ccc(-c2[c-]cccc2)nc1.[2H]C([2H])(c1sc2ccc(-c3[c-]ccc4c3oc3nc(C)ccc34)nc2c1C)C(C)(C)C.[Ir]. The molecule has 5 heterocycles. The molecule has 1 radical (unpaired) electrons. The average molecular weight is 762 g/mol. The Labute approximate surface area is 273 Å². The van der Waals surface area contributed by atoms with Crippen LogP contribution in [0.2, 0.25) is 0 Å². The van der Waals surface area contributed by atoms with Crippen molar-refractivity contribution < 1.29 is 27.3 Å². The van der Waals surface area contributed by atoms with Crippen LogP contribution in [0.1, 0.15) is 45.2 Å². The van der Waals surface area contributed by atoms with Crippen molar-refractivity contribution >= 4 is 43.6 Å². The summed E-state index contributed by atoms with van der Waals surface area (Å²) in [6.07, 6.45) is 0.424. The number of thiophene rings is 1. The van der Waals surface area contributed by atoms with Gasteiger partial charge in [0.15, 0.2) is 0 Å². The van der Waals surface area contributed by atoms with Gasteiger partial charge in [0, 0.05) is 45.0 Å². The predicted molar refractivity (Wildman–Crippen MR) is 175 cm³/mol. The molecule has 0 aliphatic carbocycles. The van der Waals surface area contributed by atoms with E-state index in [9.17, 15) is 0 Å². The Balaban J connectivity index is 0.000000240. The molecule has 0 fully saturated rings. The van der Waals surface area contributed by atoms with E-state index >= 15 is 0 Å². The Morgan fingerprint density at radius 1 is 0.860 bits per heavy atom. The first-order valence-corrected chi connectivity index (χ1v) is 14.8. The van der Waals surface area contributed by atoms with Gasteiger partial charge in [-0.15, -0.1) is 65.4 Å².